The summed E-state index contributed by atoms with van der Waals surface area (Å²) in [6, 6.07) is 0. The molecule has 13 heavy (non-hydrogen) atoms. The molecule has 0 aromatic heterocycles. The SMILES string of the molecule is CC12CCC(C(=O)CBr)(CC1)OC2. The van der Waals surface area contributed by atoms with Gasteiger partial charge in [-0.2, -0.15) is 0 Å². The summed E-state index contributed by atoms with van der Waals surface area (Å²) in [5.41, 5.74) is -0.0599. The normalized spacial score (nSPS) is 43.5. The van der Waals surface area contributed by atoms with Gasteiger partial charge in [0.25, 0.3) is 0 Å². The van der Waals surface area contributed by atoms with Crippen LogP contribution in [0.1, 0.15) is 32.6 Å². The van der Waals surface area contributed by atoms with Crippen LogP contribution in [0.15, 0.2) is 0 Å². The Balaban J connectivity index is 2.15. The Kier molecular flexibility index (Phi) is 2.27. The van der Waals surface area contributed by atoms with E-state index >= 15 is 0 Å². The van der Waals surface area contributed by atoms with Gasteiger partial charge in [0.05, 0.1) is 11.9 Å². The van der Waals surface area contributed by atoms with E-state index in [-0.39, 0.29) is 5.78 Å². The fourth-order valence-corrected chi connectivity index (χ4v) is 2.85. The second kappa shape index (κ2) is 3.06. The number of ketones is 1. The first kappa shape index (κ1) is 9.66. The van der Waals surface area contributed by atoms with Crippen molar-refractivity contribution in [2.45, 2.75) is 38.2 Å². The largest absolute Gasteiger partial charge is 0.367 e. The van der Waals surface area contributed by atoms with Crippen molar-refractivity contribution >= 4 is 21.7 Å². The molecule has 0 unspecified atom stereocenters. The summed E-state index contributed by atoms with van der Waals surface area (Å²) in [6.45, 7) is 3.03. The zero-order valence-electron chi connectivity index (χ0n) is 7.94. The maximum atomic E-state index is 11.7. The molecule has 3 aliphatic rings. The minimum atomic E-state index is -0.415. The summed E-state index contributed by atoms with van der Waals surface area (Å²) < 4.78 is 5.74. The Labute approximate surface area is 87.2 Å². The van der Waals surface area contributed by atoms with Gasteiger partial charge in [0.15, 0.2) is 5.78 Å². The van der Waals surface area contributed by atoms with Gasteiger partial charge in [0.2, 0.25) is 0 Å². The molecule has 1 saturated carbocycles. The van der Waals surface area contributed by atoms with E-state index in [1.54, 1.807) is 0 Å². The molecule has 0 radical (unpaired) electrons. The Morgan fingerprint density at radius 2 is 2.00 bits per heavy atom. The molecule has 2 bridgehead atoms. The fraction of sp³-hybridized carbons (Fsp3) is 0.900. The highest BCUT2D eigenvalue weighted by Gasteiger charge is 2.50. The van der Waals surface area contributed by atoms with Crippen LogP contribution in [0, 0.1) is 5.41 Å². The van der Waals surface area contributed by atoms with Crippen LogP contribution in [0.3, 0.4) is 0 Å². The van der Waals surface area contributed by atoms with Crippen LogP contribution >= 0.6 is 15.9 Å². The van der Waals surface area contributed by atoms with E-state index in [1.165, 1.54) is 0 Å². The molecule has 0 aromatic rings. The van der Waals surface area contributed by atoms with Gasteiger partial charge in [0, 0.05) is 0 Å². The zero-order valence-corrected chi connectivity index (χ0v) is 9.52. The standard InChI is InChI=1S/C10H15BrO2/c1-9-2-4-10(5-3-9,13-7-9)8(12)6-11/h2-7H2,1H3. The third-order valence-electron chi connectivity index (χ3n) is 3.59. The molecule has 1 aliphatic carbocycles. The number of Topliss-reactive ketones (excluding diaryl/α,β-unsaturated/α-hetero) is 1. The minimum absolute atomic E-state index is 0.231. The van der Waals surface area contributed by atoms with Crippen molar-refractivity contribution in [1.82, 2.24) is 0 Å². The molecule has 3 rings (SSSR count). The number of ether oxygens (including phenoxy) is 1. The number of hydrogen-bond acceptors (Lipinski definition) is 2. The fourth-order valence-electron chi connectivity index (χ4n) is 2.34. The topological polar surface area (TPSA) is 26.3 Å². The van der Waals surface area contributed by atoms with Crippen molar-refractivity contribution < 1.29 is 9.53 Å². The first-order chi connectivity index (χ1) is 6.10. The van der Waals surface area contributed by atoms with E-state index in [1.807, 2.05) is 0 Å². The molecule has 0 amide bonds. The Morgan fingerprint density at radius 1 is 1.38 bits per heavy atom. The predicted octanol–water partition coefficient (Wildman–Crippen LogP) is 2.30. The first-order valence-electron chi connectivity index (χ1n) is 4.84. The van der Waals surface area contributed by atoms with Gasteiger partial charge < -0.3 is 4.74 Å². The van der Waals surface area contributed by atoms with Gasteiger partial charge in [-0.1, -0.05) is 22.9 Å². The van der Waals surface area contributed by atoms with Gasteiger partial charge in [0.1, 0.15) is 5.60 Å². The summed E-state index contributed by atoms with van der Waals surface area (Å²) in [7, 11) is 0. The van der Waals surface area contributed by atoms with Crippen LogP contribution in [-0.2, 0) is 9.53 Å². The van der Waals surface area contributed by atoms with Crippen LogP contribution < -0.4 is 0 Å². The lowest BCUT2D eigenvalue weighted by Gasteiger charge is -2.50. The lowest BCUT2D eigenvalue weighted by molar-refractivity contribution is -0.185. The minimum Gasteiger partial charge on any atom is -0.367 e. The summed E-state index contributed by atoms with van der Waals surface area (Å²) in [5.74, 6) is 0.231. The molecule has 3 fully saturated rings. The Hall–Kier alpha value is 0.110. The molecule has 2 nitrogen and oxygen atoms in total. The van der Waals surface area contributed by atoms with Gasteiger partial charge >= 0.3 is 0 Å². The average molecular weight is 247 g/mol. The lowest BCUT2D eigenvalue weighted by atomic mass is 9.66. The van der Waals surface area contributed by atoms with Crippen molar-refractivity contribution in [3.05, 3.63) is 0 Å². The van der Waals surface area contributed by atoms with Gasteiger partial charge in [-0.15, -0.1) is 0 Å². The smallest absolute Gasteiger partial charge is 0.175 e. The maximum Gasteiger partial charge on any atom is 0.175 e. The molecule has 74 valence electrons. The molecule has 3 heteroatoms. The predicted molar refractivity (Wildman–Crippen MR) is 54.1 cm³/mol. The summed E-state index contributed by atoms with van der Waals surface area (Å²) >= 11 is 3.23. The quantitative estimate of drug-likeness (QED) is 0.700. The number of carbonyl (C=O) groups excluding carboxylic acids is 1. The highest BCUT2D eigenvalue weighted by atomic mass is 79.9. The van der Waals surface area contributed by atoms with E-state index in [9.17, 15) is 4.79 Å². The second-order valence-electron chi connectivity index (χ2n) is 4.65. The Morgan fingerprint density at radius 3 is 2.38 bits per heavy atom. The molecule has 2 aliphatic heterocycles. The Bertz CT molecular complexity index is 213. The van der Waals surface area contributed by atoms with Crippen LogP contribution in [0.4, 0.5) is 0 Å². The summed E-state index contributed by atoms with van der Waals surface area (Å²) in [5, 5.41) is 0.434. The van der Waals surface area contributed by atoms with Crippen molar-refractivity contribution in [1.29, 1.82) is 0 Å². The number of carbonyl (C=O) groups is 1. The van der Waals surface area contributed by atoms with E-state index in [0.717, 1.165) is 32.3 Å². The number of hydrogen-bond donors (Lipinski definition) is 0. The van der Waals surface area contributed by atoms with Gasteiger partial charge in [-0.05, 0) is 31.1 Å². The van der Waals surface area contributed by atoms with Crippen molar-refractivity contribution in [2.24, 2.45) is 5.41 Å². The van der Waals surface area contributed by atoms with Gasteiger partial charge in [-0.3, -0.25) is 4.79 Å². The summed E-state index contributed by atoms with van der Waals surface area (Å²) in [4.78, 5) is 11.7. The zero-order chi connectivity index (χ0) is 9.53. The van der Waals surface area contributed by atoms with Crippen molar-refractivity contribution in [3.63, 3.8) is 0 Å². The number of halogens is 1. The van der Waals surface area contributed by atoms with E-state index in [2.05, 4.69) is 22.9 Å². The van der Waals surface area contributed by atoms with E-state index in [4.69, 9.17) is 4.74 Å². The molecule has 2 saturated heterocycles. The third kappa shape index (κ3) is 1.46. The van der Waals surface area contributed by atoms with Crippen LogP contribution in [0.2, 0.25) is 0 Å². The lowest BCUT2D eigenvalue weighted by Crippen LogP contribution is -2.54. The molecule has 0 spiro atoms. The maximum absolute atomic E-state index is 11.7. The molecule has 0 atom stereocenters. The molecule has 0 aromatic carbocycles. The average Bonchev–Trinajstić information content (AvgIpc) is 2.18. The highest BCUT2D eigenvalue weighted by molar-refractivity contribution is 9.09. The number of fused-ring (bicyclic) bond motifs is 3. The first-order valence-corrected chi connectivity index (χ1v) is 5.96. The number of rotatable bonds is 2. The monoisotopic (exact) mass is 246 g/mol. The van der Waals surface area contributed by atoms with E-state index in [0.29, 0.717) is 10.7 Å². The highest BCUT2D eigenvalue weighted by Crippen LogP contribution is 2.48. The van der Waals surface area contributed by atoms with Crippen LogP contribution in [0.5, 0.6) is 0 Å². The summed E-state index contributed by atoms with van der Waals surface area (Å²) in [6.07, 6.45) is 4.14. The third-order valence-corrected chi connectivity index (χ3v) is 4.10. The molecular formula is C10H15BrO2. The van der Waals surface area contributed by atoms with E-state index < -0.39 is 5.60 Å². The van der Waals surface area contributed by atoms with Crippen molar-refractivity contribution in [3.8, 4) is 0 Å². The van der Waals surface area contributed by atoms with Crippen LogP contribution in [-0.4, -0.2) is 23.3 Å². The van der Waals surface area contributed by atoms with Gasteiger partial charge in [-0.25, -0.2) is 0 Å². The van der Waals surface area contributed by atoms with Crippen LogP contribution in [0.25, 0.3) is 0 Å². The number of alkyl halides is 1. The molecule has 2 heterocycles. The van der Waals surface area contributed by atoms with Crippen molar-refractivity contribution in [2.75, 3.05) is 11.9 Å². The molecule has 0 N–H and O–H groups in total. The molecular weight excluding hydrogens is 232 g/mol. The second-order valence-corrected chi connectivity index (χ2v) is 5.21.